The summed E-state index contributed by atoms with van der Waals surface area (Å²) in [5.74, 6) is 0.190. The fourth-order valence-corrected chi connectivity index (χ4v) is 1.04. The smallest absolute Gasteiger partial charge is 0.0561 e. The molecule has 0 spiro atoms. The van der Waals surface area contributed by atoms with E-state index in [-0.39, 0.29) is 18.6 Å². The molecular weight excluding hydrogens is 130 g/mol. The van der Waals surface area contributed by atoms with Crippen molar-refractivity contribution in [1.29, 1.82) is 0 Å². The average molecular weight is 139 g/mol. The molecule has 0 radical (unpaired) electrons. The molecule has 4 nitrogen and oxygen atoms in total. The second-order valence-corrected chi connectivity index (χ2v) is 2.34. The van der Waals surface area contributed by atoms with Crippen LogP contribution in [0.2, 0.25) is 0 Å². The molecule has 0 amide bonds. The van der Waals surface area contributed by atoms with Crippen LogP contribution < -0.4 is 0 Å². The van der Waals surface area contributed by atoms with E-state index < -0.39 is 0 Å². The Kier molecular flexibility index (Phi) is 2.31. The lowest BCUT2D eigenvalue weighted by Gasteiger charge is -2.01. The van der Waals surface area contributed by atoms with Crippen molar-refractivity contribution in [3.63, 3.8) is 0 Å². The van der Waals surface area contributed by atoms with Crippen molar-refractivity contribution in [2.45, 2.75) is 12.5 Å². The van der Waals surface area contributed by atoms with Crippen molar-refractivity contribution >= 4 is 0 Å². The standard InChI is InChI=1S/C6H9N3O/c7-9-8-6-2-1-5(3-6)4-10/h1-2,5-6,10H,3-4H2/t5-,6+/m1/s1. The van der Waals surface area contributed by atoms with Gasteiger partial charge >= 0.3 is 0 Å². The quantitative estimate of drug-likeness (QED) is 0.266. The van der Waals surface area contributed by atoms with E-state index in [4.69, 9.17) is 10.6 Å². The highest BCUT2D eigenvalue weighted by atomic mass is 16.3. The van der Waals surface area contributed by atoms with Crippen LogP contribution in [-0.4, -0.2) is 17.8 Å². The van der Waals surface area contributed by atoms with Gasteiger partial charge < -0.3 is 5.11 Å². The van der Waals surface area contributed by atoms with Gasteiger partial charge in [0, 0.05) is 17.4 Å². The predicted molar refractivity (Wildman–Crippen MR) is 37.3 cm³/mol. The van der Waals surface area contributed by atoms with E-state index in [2.05, 4.69) is 10.0 Å². The molecule has 0 bridgehead atoms. The van der Waals surface area contributed by atoms with E-state index in [1.165, 1.54) is 0 Å². The summed E-state index contributed by atoms with van der Waals surface area (Å²) in [5, 5.41) is 12.2. The summed E-state index contributed by atoms with van der Waals surface area (Å²) < 4.78 is 0. The Balaban J connectivity index is 2.44. The predicted octanol–water partition coefficient (Wildman–Crippen LogP) is 1.23. The molecule has 0 aliphatic heterocycles. The van der Waals surface area contributed by atoms with Gasteiger partial charge in [0.15, 0.2) is 0 Å². The van der Waals surface area contributed by atoms with Crippen molar-refractivity contribution in [3.8, 4) is 0 Å². The molecule has 0 fully saturated rings. The van der Waals surface area contributed by atoms with Crippen LogP contribution in [0.1, 0.15) is 6.42 Å². The molecule has 1 N–H and O–H groups in total. The van der Waals surface area contributed by atoms with E-state index in [9.17, 15) is 0 Å². The van der Waals surface area contributed by atoms with Gasteiger partial charge in [-0.15, -0.1) is 0 Å². The molecule has 1 aliphatic carbocycles. The Morgan fingerprint density at radius 3 is 3.00 bits per heavy atom. The zero-order valence-corrected chi connectivity index (χ0v) is 5.51. The van der Waals surface area contributed by atoms with Crippen LogP contribution in [0.25, 0.3) is 10.4 Å². The average Bonchev–Trinajstić information content (AvgIpc) is 2.37. The van der Waals surface area contributed by atoms with E-state index in [1.807, 2.05) is 12.2 Å². The number of nitrogens with zero attached hydrogens (tertiary/aromatic N) is 3. The highest BCUT2D eigenvalue weighted by Crippen LogP contribution is 2.19. The van der Waals surface area contributed by atoms with Crippen LogP contribution in [0.5, 0.6) is 0 Å². The Hall–Kier alpha value is -0.990. The van der Waals surface area contributed by atoms with E-state index in [0.717, 1.165) is 6.42 Å². The van der Waals surface area contributed by atoms with Crippen LogP contribution in [0.15, 0.2) is 17.3 Å². The summed E-state index contributed by atoms with van der Waals surface area (Å²) in [4.78, 5) is 2.68. The molecule has 4 heteroatoms. The fraction of sp³-hybridized carbons (Fsp3) is 0.667. The van der Waals surface area contributed by atoms with Gasteiger partial charge in [0.25, 0.3) is 0 Å². The van der Waals surface area contributed by atoms with Gasteiger partial charge in [-0.25, -0.2) is 0 Å². The number of hydrogen-bond donors (Lipinski definition) is 1. The molecule has 54 valence electrons. The van der Waals surface area contributed by atoms with Gasteiger partial charge in [-0.2, -0.15) is 0 Å². The first-order chi connectivity index (χ1) is 4.86. The summed E-state index contributed by atoms with van der Waals surface area (Å²) in [7, 11) is 0. The van der Waals surface area contributed by atoms with Gasteiger partial charge in [-0.3, -0.25) is 0 Å². The largest absolute Gasteiger partial charge is 0.396 e. The zero-order valence-electron chi connectivity index (χ0n) is 5.51. The minimum atomic E-state index is -0.0397. The highest BCUT2D eigenvalue weighted by Gasteiger charge is 2.15. The second-order valence-electron chi connectivity index (χ2n) is 2.34. The zero-order chi connectivity index (χ0) is 7.40. The molecule has 0 saturated carbocycles. The Bertz CT molecular complexity index is 183. The molecule has 0 heterocycles. The molecule has 1 rings (SSSR count). The Morgan fingerprint density at radius 1 is 1.70 bits per heavy atom. The molecule has 0 aromatic carbocycles. The minimum Gasteiger partial charge on any atom is -0.396 e. The number of rotatable bonds is 2. The van der Waals surface area contributed by atoms with Crippen LogP contribution >= 0.6 is 0 Å². The number of azide groups is 1. The number of aliphatic hydroxyl groups excluding tert-OH is 1. The van der Waals surface area contributed by atoms with Crippen molar-refractivity contribution in [2.24, 2.45) is 11.0 Å². The topological polar surface area (TPSA) is 69.0 Å². The third kappa shape index (κ3) is 1.50. The summed E-state index contributed by atoms with van der Waals surface area (Å²) in [6.45, 7) is 0.147. The summed E-state index contributed by atoms with van der Waals surface area (Å²) in [6.07, 6.45) is 4.47. The van der Waals surface area contributed by atoms with Crippen molar-refractivity contribution < 1.29 is 5.11 Å². The fourth-order valence-electron chi connectivity index (χ4n) is 1.04. The van der Waals surface area contributed by atoms with E-state index in [0.29, 0.717) is 0 Å². The first-order valence-electron chi connectivity index (χ1n) is 3.20. The van der Waals surface area contributed by atoms with E-state index in [1.54, 1.807) is 0 Å². The molecule has 0 unspecified atom stereocenters. The third-order valence-corrected chi connectivity index (χ3v) is 1.58. The van der Waals surface area contributed by atoms with Gasteiger partial charge in [-0.1, -0.05) is 17.3 Å². The van der Waals surface area contributed by atoms with Gasteiger partial charge in [0.1, 0.15) is 0 Å². The van der Waals surface area contributed by atoms with Crippen LogP contribution in [-0.2, 0) is 0 Å². The Labute approximate surface area is 58.8 Å². The SMILES string of the molecule is [N-]=[N+]=N[C@H]1C=C[C@@H](CO)C1. The number of hydrogen-bond acceptors (Lipinski definition) is 2. The molecular formula is C6H9N3O. The summed E-state index contributed by atoms with van der Waals surface area (Å²) in [5.41, 5.74) is 8.05. The maximum atomic E-state index is 8.67. The maximum absolute atomic E-state index is 8.67. The van der Waals surface area contributed by atoms with Gasteiger partial charge in [0.2, 0.25) is 0 Å². The molecule has 0 aromatic heterocycles. The Morgan fingerprint density at radius 2 is 2.50 bits per heavy atom. The third-order valence-electron chi connectivity index (χ3n) is 1.58. The monoisotopic (exact) mass is 139 g/mol. The molecule has 1 aliphatic rings. The van der Waals surface area contributed by atoms with Crippen LogP contribution in [0.4, 0.5) is 0 Å². The maximum Gasteiger partial charge on any atom is 0.0561 e. The molecule has 2 atom stereocenters. The summed E-state index contributed by atoms with van der Waals surface area (Å²) in [6, 6.07) is -0.0397. The first-order valence-corrected chi connectivity index (χ1v) is 3.20. The second kappa shape index (κ2) is 3.25. The van der Waals surface area contributed by atoms with Crippen molar-refractivity contribution in [3.05, 3.63) is 22.6 Å². The lowest BCUT2D eigenvalue weighted by molar-refractivity contribution is 0.249. The summed E-state index contributed by atoms with van der Waals surface area (Å²) >= 11 is 0. The molecule has 0 aromatic rings. The highest BCUT2D eigenvalue weighted by molar-refractivity contribution is 5.05. The van der Waals surface area contributed by atoms with Crippen LogP contribution in [0, 0.1) is 5.92 Å². The lowest BCUT2D eigenvalue weighted by Crippen LogP contribution is -2.03. The lowest BCUT2D eigenvalue weighted by atomic mass is 10.1. The first kappa shape index (κ1) is 7.12. The van der Waals surface area contributed by atoms with Crippen LogP contribution in [0.3, 0.4) is 0 Å². The van der Waals surface area contributed by atoms with Gasteiger partial charge in [0.05, 0.1) is 6.04 Å². The molecule has 0 saturated heterocycles. The van der Waals surface area contributed by atoms with Crippen molar-refractivity contribution in [1.82, 2.24) is 0 Å². The number of aliphatic hydroxyl groups is 1. The van der Waals surface area contributed by atoms with Crippen molar-refractivity contribution in [2.75, 3.05) is 6.61 Å². The van der Waals surface area contributed by atoms with Gasteiger partial charge in [-0.05, 0) is 12.0 Å². The molecule has 10 heavy (non-hydrogen) atoms. The van der Waals surface area contributed by atoms with E-state index >= 15 is 0 Å². The minimum absolute atomic E-state index is 0.0397. The normalized spacial score (nSPS) is 30.1.